The van der Waals surface area contributed by atoms with Crippen molar-refractivity contribution in [2.24, 2.45) is 0 Å². The first-order chi connectivity index (χ1) is 2.91. The number of methoxy groups -OCH3 is 1. The maximum Gasteiger partial charge on any atom is 0.0530 e. The first kappa shape index (κ1) is 3.16. The van der Waals surface area contributed by atoms with Crippen LogP contribution in [0, 0.1) is 0 Å². The van der Waals surface area contributed by atoms with E-state index < -0.39 is 0 Å². The third-order valence-electron chi connectivity index (χ3n) is 0.348. The van der Waals surface area contributed by atoms with Crippen molar-refractivity contribution in [3.8, 4) is 0 Å². The lowest BCUT2D eigenvalue weighted by Crippen LogP contribution is -1.80. The van der Waals surface area contributed by atoms with Gasteiger partial charge >= 0.3 is 0 Å². The minimum Gasteiger partial charge on any atom is -0.385 e. The van der Waals surface area contributed by atoms with E-state index in [0.29, 0.717) is 0 Å². The smallest absolute Gasteiger partial charge is 0.0530 e. The standard InChI is InChI=1S/C4H10O/c1-3-4-5-2/h3-4H2,1-2H3/i2T. The van der Waals surface area contributed by atoms with E-state index in [9.17, 15) is 0 Å². The van der Waals surface area contributed by atoms with E-state index in [-0.39, 0.29) is 7.09 Å². The minimum atomic E-state index is 0.105. The van der Waals surface area contributed by atoms with E-state index in [2.05, 4.69) is 4.74 Å². The van der Waals surface area contributed by atoms with Crippen LogP contribution in [0.1, 0.15) is 14.7 Å². The molecule has 0 N–H and O–H groups in total. The second-order valence-electron chi connectivity index (χ2n) is 0.908. The average Bonchev–Trinajstić information content (AvgIpc) is 1.61. The van der Waals surface area contributed by atoms with Crippen molar-refractivity contribution in [2.45, 2.75) is 13.3 Å². The fourth-order valence-corrected chi connectivity index (χ4v) is 0.144. The minimum absolute atomic E-state index is 0.105. The molecule has 0 fully saturated rings. The van der Waals surface area contributed by atoms with Crippen molar-refractivity contribution >= 4 is 0 Å². The summed E-state index contributed by atoms with van der Waals surface area (Å²) >= 11 is 0. The van der Waals surface area contributed by atoms with Gasteiger partial charge in [0.25, 0.3) is 0 Å². The molecule has 0 radical (unpaired) electrons. The molecule has 0 unspecified atom stereocenters. The summed E-state index contributed by atoms with van der Waals surface area (Å²) < 4.78 is 11.1. The summed E-state index contributed by atoms with van der Waals surface area (Å²) in [5, 5.41) is 0. The van der Waals surface area contributed by atoms with E-state index in [1.807, 2.05) is 6.92 Å². The van der Waals surface area contributed by atoms with Gasteiger partial charge in [-0.3, -0.25) is 0 Å². The molecule has 1 heteroatoms. The Balaban J connectivity index is 2.34. The molecular weight excluding hydrogens is 64.0 g/mol. The predicted molar refractivity (Wildman–Crippen MR) is 22.2 cm³/mol. The highest BCUT2D eigenvalue weighted by atomic mass is 16.5. The molecule has 0 saturated carbocycles. The Morgan fingerprint density at radius 1 is 2.00 bits per heavy atom. The van der Waals surface area contributed by atoms with Gasteiger partial charge in [0.2, 0.25) is 0 Å². The van der Waals surface area contributed by atoms with E-state index in [1.54, 1.807) is 0 Å². The summed E-state index contributed by atoms with van der Waals surface area (Å²) in [6.45, 7) is 2.75. The van der Waals surface area contributed by atoms with Crippen LogP contribution in [0.5, 0.6) is 0 Å². The fourth-order valence-electron chi connectivity index (χ4n) is 0.144. The van der Waals surface area contributed by atoms with E-state index in [4.69, 9.17) is 1.37 Å². The Morgan fingerprint density at radius 2 is 2.80 bits per heavy atom. The van der Waals surface area contributed by atoms with Gasteiger partial charge < -0.3 is 4.74 Å². The van der Waals surface area contributed by atoms with Crippen LogP contribution < -0.4 is 0 Å². The van der Waals surface area contributed by atoms with Crippen LogP contribution in [0.4, 0.5) is 0 Å². The third kappa shape index (κ3) is 3.96. The van der Waals surface area contributed by atoms with Crippen molar-refractivity contribution in [2.75, 3.05) is 13.7 Å². The molecule has 1 nitrogen and oxygen atoms in total. The lowest BCUT2D eigenvalue weighted by Gasteiger charge is -1.84. The highest BCUT2D eigenvalue weighted by molar-refractivity contribution is 4.15. The molecule has 5 heavy (non-hydrogen) atoms. The fraction of sp³-hybridized carbons (Fsp3) is 1.00. The van der Waals surface area contributed by atoms with Gasteiger partial charge in [-0.25, -0.2) is 0 Å². The third-order valence-corrected chi connectivity index (χ3v) is 0.348. The van der Waals surface area contributed by atoms with Gasteiger partial charge in [-0.2, -0.15) is 0 Å². The largest absolute Gasteiger partial charge is 0.385 e. The van der Waals surface area contributed by atoms with Crippen LogP contribution in [-0.2, 0) is 4.74 Å². The van der Waals surface area contributed by atoms with Gasteiger partial charge in [0, 0.05) is 13.7 Å². The number of rotatable bonds is 2. The summed E-state index contributed by atoms with van der Waals surface area (Å²) in [7, 11) is 0.105. The van der Waals surface area contributed by atoms with Gasteiger partial charge in [-0.05, 0) is 6.42 Å². The molecule has 0 aliphatic rings. The molecule has 32 valence electrons. The Hall–Kier alpha value is -0.0400. The number of hydrogen-bond donors (Lipinski definition) is 0. The Labute approximate surface area is 34.4 Å². The van der Waals surface area contributed by atoms with Gasteiger partial charge in [-0.15, -0.1) is 0 Å². The molecule has 0 spiro atoms. The molecule has 0 bridgehead atoms. The maximum absolute atomic E-state index is 6.48. The van der Waals surface area contributed by atoms with Crippen LogP contribution in [0.15, 0.2) is 0 Å². The Bertz CT molecular complexity index is 19.5. The zero-order chi connectivity index (χ0) is 4.83. The SMILES string of the molecule is [3H]COCCC. The maximum atomic E-state index is 6.48. The van der Waals surface area contributed by atoms with Crippen molar-refractivity contribution < 1.29 is 6.11 Å². The molecule has 0 atom stereocenters. The topological polar surface area (TPSA) is 9.23 Å². The molecule has 0 heterocycles. The average molecular weight is 76.1 g/mol. The van der Waals surface area contributed by atoms with Crippen LogP contribution in [-0.4, -0.2) is 13.7 Å². The zero-order valence-corrected chi connectivity index (χ0v) is 3.53. The van der Waals surface area contributed by atoms with Crippen LogP contribution in [0.25, 0.3) is 0 Å². The Morgan fingerprint density at radius 3 is 3.00 bits per heavy atom. The van der Waals surface area contributed by atoms with Crippen molar-refractivity contribution in [1.29, 1.82) is 0 Å². The lowest BCUT2D eigenvalue weighted by molar-refractivity contribution is 0.199. The summed E-state index contributed by atoms with van der Waals surface area (Å²) in [5.41, 5.74) is 0. The molecule has 0 aromatic rings. The summed E-state index contributed by atoms with van der Waals surface area (Å²) in [6, 6.07) is 0. The summed E-state index contributed by atoms with van der Waals surface area (Å²) in [4.78, 5) is 0. The lowest BCUT2D eigenvalue weighted by atomic mass is 10.5. The van der Waals surface area contributed by atoms with Crippen molar-refractivity contribution in [3.63, 3.8) is 0 Å². The molecule has 0 rings (SSSR count). The van der Waals surface area contributed by atoms with Crippen molar-refractivity contribution in [3.05, 3.63) is 0 Å². The van der Waals surface area contributed by atoms with Crippen LogP contribution in [0.3, 0.4) is 0 Å². The number of ether oxygens (including phenoxy) is 1. The highest BCUT2D eigenvalue weighted by Crippen LogP contribution is 1.70. The van der Waals surface area contributed by atoms with E-state index >= 15 is 0 Å². The molecule has 0 aromatic heterocycles. The van der Waals surface area contributed by atoms with E-state index in [0.717, 1.165) is 13.0 Å². The zero-order valence-electron chi connectivity index (χ0n) is 4.53. The molecule has 0 amide bonds. The van der Waals surface area contributed by atoms with Crippen LogP contribution in [0.2, 0.25) is 0 Å². The van der Waals surface area contributed by atoms with Gasteiger partial charge in [0.15, 0.2) is 0 Å². The normalized spacial score (nSPS) is 11.0. The second kappa shape index (κ2) is 3.96. The van der Waals surface area contributed by atoms with Gasteiger partial charge in [-0.1, -0.05) is 6.92 Å². The first-order valence-corrected chi connectivity index (χ1v) is 1.78. The molecular formula is C4H10O. The first-order valence-electron chi connectivity index (χ1n) is 2.49. The second-order valence-corrected chi connectivity index (χ2v) is 0.908. The molecule has 0 aliphatic carbocycles. The number of hydrogen-bond acceptors (Lipinski definition) is 1. The highest BCUT2D eigenvalue weighted by Gasteiger charge is 1.66. The van der Waals surface area contributed by atoms with Crippen molar-refractivity contribution in [1.82, 2.24) is 0 Å². The molecule has 0 aliphatic heterocycles. The monoisotopic (exact) mass is 76.1 g/mol. The predicted octanol–water partition coefficient (Wildman–Crippen LogP) is 1.04. The summed E-state index contributed by atoms with van der Waals surface area (Å²) in [6.07, 6.45) is 1.01. The van der Waals surface area contributed by atoms with E-state index in [1.165, 1.54) is 0 Å². The Kier molecular flexibility index (Phi) is 2.50. The summed E-state index contributed by atoms with van der Waals surface area (Å²) in [5.74, 6) is 0. The van der Waals surface area contributed by atoms with Crippen LogP contribution >= 0.6 is 0 Å². The molecule has 0 saturated heterocycles. The van der Waals surface area contributed by atoms with Gasteiger partial charge in [0.1, 0.15) is 0 Å². The quantitative estimate of drug-likeness (QED) is 0.446. The molecule has 0 aromatic carbocycles. The van der Waals surface area contributed by atoms with Gasteiger partial charge in [0.05, 0.1) is 1.37 Å².